The average Bonchev–Trinajstić information content (AvgIpc) is 2.59. The number of hydrogen-bond donors (Lipinski definition) is 2. The number of carbonyl (C=O) groups excluding carboxylic acids is 3. The Morgan fingerprint density at radius 2 is 1.52 bits per heavy atom. The Morgan fingerprint density at radius 1 is 0.880 bits per heavy atom. The van der Waals surface area contributed by atoms with Gasteiger partial charge in [-0.2, -0.15) is 0 Å². The summed E-state index contributed by atoms with van der Waals surface area (Å²) in [5, 5.41) is 5.39. The number of amides is 2. The fraction of sp³-hybridized carbons (Fsp3) is 0.250. The Hall–Kier alpha value is -2.95. The molecule has 25 heavy (non-hydrogen) atoms. The maximum Gasteiger partial charge on any atom is 0.224 e. The lowest BCUT2D eigenvalue weighted by atomic mass is 10.0. The molecule has 5 nitrogen and oxygen atoms in total. The maximum absolute atomic E-state index is 12.1. The van der Waals surface area contributed by atoms with Gasteiger partial charge in [0, 0.05) is 36.7 Å². The second-order valence-electron chi connectivity index (χ2n) is 5.78. The summed E-state index contributed by atoms with van der Waals surface area (Å²) in [6.45, 7) is 3.48. The van der Waals surface area contributed by atoms with E-state index in [9.17, 15) is 14.4 Å². The molecule has 0 aliphatic heterocycles. The van der Waals surface area contributed by atoms with Crippen LogP contribution in [0.1, 0.15) is 42.6 Å². The van der Waals surface area contributed by atoms with E-state index in [0.29, 0.717) is 16.9 Å². The van der Waals surface area contributed by atoms with Gasteiger partial charge in [0.05, 0.1) is 0 Å². The summed E-state index contributed by atoms with van der Waals surface area (Å²) in [4.78, 5) is 35.2. The molecule has 130 valence electrons. The zero-order valence-electron chi connectivity index (χ0n) is 14.5. The second kappa shape index (κ2) is 8.78. The van der Waals surface area contributed by atoms with Crippen molar-refractivity contribution in [1.82, 2.24) is 0 Å². The van der Waals surface area contributed by atoms with Gasteiger partial charge in [0.15, 0.2) is 5.78 Å². The monoisotopic (exact) mass is 338 g/mol. The maximum atomic E-state index is 12.1. The van der Waals surface area contributed by atoms with Gasteiger partial charge in [-0.05, 0) is 30.2 Å². The van der Waals surface area contributed by atoms with Crippen molar-refractivity contribution in [1.29, 1.82) is 0 Å². The molecule has 0 saturated heterocycles. The first-order chi connectivity index (χ1) is 12.0. The number of rotatable bonds is 7. The first kappa shape index (κ1) is 18.4. The van der Waals surface area contributed by atoms with Gasteiger partial charge in [-0.3, -0.25) is 14.4 Å². The predicted molar refractivity (Wildman–Crippen MR) is 98.8 cm³/mol. The van der Waals surface area contributed by atoms with Gasteiger partial charge in [-0.1, -0.05) is 37.3 Å². The van der Waals surface area contributed by atoms with Crippen LogP contribution in [0, 0.1) is 0 Å². The predicted octanol–water partition coefficient (Wildman–Crippen LogP) is 3.81. The van der Waals surface area contributed by atoms with Gasteiger partial charge >= 0.3 is 0 Å². The zero-order chi connectivity index (χ0) is 18.2. The van der Waals surface area contributed by atoms with Crippen LogP contribution in [0.3, 0.4) is 0 Å². The highest BCUT2D eigenvalue weighted by molar-refractivity contribution is 6.00. The van der Waals surface area contributed by atoms with Crippen molar-refractivity contribution in [3.05, 3.63) is 59.7 Å². The summed E-state index contributed by atoms with van der Waals surface area (Å²) in [5.41, 5.74) is 2.99. The van der Waals surface area contributed by atoms with Crippen molar-refractivity contribution < 1.29 is 14.4 Å². The smallest absolute Gasteiger partial charge is 0.224 e. The number of ketones is 1. The molecule has 2 amide bonds. The van der Waals surface area contributed by atoms with E-state index >= 15 is 0 Å². The summed E-state index contributed by atoms with van der Waals surface area (Å²) in [6, 6.07) is 14.3. The quantitative estimate of drug-likeness (QED) is 0.754. The van der Waals surface area contributed by atoms with E-state index in [0.717, 1.165) is 6.42 Å². The second-order valence-corrected chi connectivity index (χ2v) is 5.78. The van der Waals surface area contributed by atoms with Gasteiger partial charge < -0.3 is 10.6 Å². The normalized spacial score (nSPS) is 10.2. The summed E-state index contributed by atoms with van der Waals surface area (Å²) in [6.07, 6.45) is 1.19. The molecule has 0 spiro atoms. The van der Waals surface area contributed by atoms with E-state index < -0.39 is 0 Å². The Bertz CT molecular complexity index is 767. The molecular weight excluding hydrogens is 316 g/mol. The Kier molecular flexibility index (Phi) is 6.46. The van der Waals surface area contributed by atoms with Crippen molar-refractivity contribution in [2.24, 2.45) is 0 Å². The third kappa shape index (κ3) is 5.88. The molecule has 0 fully saturated rings. The number of hydrogen-bond acceptors (Lipinski definition) is 3. The van der Waals surface area contributed by atoms with Crippen molar-refractivity contribution in [2.75, 3.05) is 10.6 Å². The van der Waals surface area contributed by atoms with Crippen LogP contribution in [0.2, 0.25) is 0 Å². The molecule has 0 heterocycles. The van der Waals surface area contributed by atoms with Crippen LogP contribution in [0.25, 0.3) is 0 Å². The fourth-order valence-electron chi connectivity index (χ4n) is 2.40. The van der Waals surface area contributed by atoms with Crippen molar-refractivity contribution in [2.45, 2.75) is 33.1 Å². The number of anilines is 2. The van der Waals surface area contributed by atoms with Crippen LogP contribution in [-0.4, -0.2) is 17.6 Å². The van der Waals surface area contributed by atoms with E-state index in [1.807, 2.05) is 12.1 Å². The Labute approximate surface area is 147 Å². The average molecular weight is 338 g/mol. The summed E-state index contributed by atoms with van der Waals surface area (Å²) >= 11 is 0. The molecule has 2 N–H and O–H groups in total. The van der Waals surface area contributed by atoms with Crippen molar-refractivity contribution >= 4 is 29.0 Å². The molecular formula is C20H22N2O3. The van der Waals surface area contributed by atoms with Crippen molar-refractivity contribution in [3.8, 4) is 0 Å². The molecule has 0 unspecified atom stereocenters. The topological polar surface area (TPSA) is 75.3 Å². The van der Waals surface area contributed by atoms with Crippen LogP contribution in [0.4, 0.5) is 11.4 Å². The Morgan fingerprint density at radius 3 is 2.12 bits per heavy atom. The molecule has 0 saturated carbocycles. The highest BCUT2D eigenvalue weighted by Crippen LogP contribution is 2.16. The minimum atomic E-state index is -0.237. The third-order valence-electron chi connectivity index (χ3n) is 3.73. The molecule has 2 aromatic rings. The first-order valence-electron chi connectivity index (χ1n) is 8.27. The largest absolute Gasteiger partial charge is 0.326 e. The van der Waals surface area contributed by atoms with E-state index in [4.69, 9.17) is 0 Å². The minimum Gasteiger partial charge on any atom is -0.326 e. The lowest BCUT2D eigenvalue weighted by Crippen LogP contribution is -2.14. The number of carbonyl (C=O) groups is 3. The highest BCUT2D eigenvalue weighted by Gasteiger charge is 2.10. The molecule has 5 heteroatoms. The summed E-state index contributed by atoms with van der Waals surface area (Å²) in [5.74, 6) is -0.466. The lowest BCUT2D eigenvalue weighted by Gasteiger charge is -2.08. The van der Waals surface area contributed by atoms with Gasteiger partial charge in [-0.25, -0.2) is 0 Å². The number of benzene rings is 2. The highest BCUT2D eigenvalue weighted by atomic mass is 16.2. The first-order valence-corrected chi connectivity index (χ1v) is 8.27. The fourth-order valence-corrected chi connectivity index (χ4v) is 2.40. The van der Waals surface area contributed by atoms with Gasteiger partial charge in [0.25, 0.3) is 0 Å². The minimum absolute atomic E-state index is 0.0511. The van der Waals surface area contributed by atoms with E-state index in [2.05, 4.69) is 17.6 Å². The third-order valence-corrected chi connectivity index (χ3v) is 3.73. The van der Waals surface area contributed by atoms with Crippen LogP contribution in [0.5, 0.6) is 0 Å². The molecule has 0 radical (unpaired) electrons. The van der Waals surface area contributed by atoms with E-state index in [1.54, 1.807) is 36.4 Å². The van der Waals surface area contributed by atoms with E-state index in [1.165, 1.54) is 12.5 Å². The summed E-state index contributed by atoms with van der Waals surface area (Å²) < 4.78 is 0. The van der Waals surface area contributed by atoms with E-state index in [-0.39, 0.29) is 30.4 Å². The SMILES string of the molecule is CCc1ccc(C(=O)CCC(=O)Nc2cccc(NC(C)=O)c2)cc1. The molecule has 0 aromatic heterocycles. The van der Waals surface area contributed by atoms with Crippen LogP contribution in [0.15, 0.2) is 48.5 Å². The van der Waals surface area contributed by atoms with Gasteiger partial charge in [-0.15, -0.1) is 0 Å². The van der Waals surface area contributed by atoms with Crippen molar-refractivity contribution in [3.63, 3.8) is 0 Å². The molecule has 0 bridgehead atoms. The summed E-state index contributed by atoms with van der Waals surface area (Å²) in [7, 11) is 0. The molecule has 0 aliphatic rings. The molecule has 0 aliphatic carbocycles. The molecule has 0 atom stereocenters. The number of aryl methyl sites for hydroxylation is 1. The van der Waals surface area contributed by atoms with Gasteiger partial charge in [0.2, 0.25) is 11.8 Å². The number of nitrogens with one attached hydrogen (secondary N) is 2. The van der Waals surface area contributed by atoms with Gasteiger partial charge in [0.1, 0.15) is 0 Å². The number of Topliss-reactive ketones (excluding diaryl/α,β-unsaturated/α-hetero) is 1. The van der Waals surface area contributed by atoms with Crippen LogP contribution < -0.4 is 10.6 Å². The lowest BCUT2D eigenvalue weighted by molar-refractivity contribution is -0.116. The standard InChI is InChI=1S/C20H22N2O3/c1-3-15-7-9-16(10-8-15)19(24)11-12-20(25)22-18-6-4-5-17(13-18)21-14(2)23/h4-10,13H,3,11-12H2,1-2H3,(H,21,23)(H,22,25). The Balaban J connectivity index is 1.87. The molecule has 2 aromatic carbocycles. The molecule has 2 rings (SSSR count). The zero-order valence-corrected chi connectivity index (χ0v) is 14.5. The van der Waals surface area contributed by atoms with Crippen LogP contribution >= 0.6 is 0 Å². The van der Waals surface area contributed by atoms with Crippen LogP contribution in [-0.2, 0) is 16.0 Å².